The number of aryl methyl sites for hydroxylation is 1. The third-order valence-electron chi connectivity index (χ3n) is 4.02. The maximum atomic E-state index is 5.67. The molecule has 0 amide bonds. The van der Waals surface area contributed by atoms with Gasteiger partial charge in [-0.25, -0.2) is 9.67 Å². The summed E-state index contributed by atoms with van der Waals surface area (Å²) in [6, 6.07) is 10.5. The molecule has 24 heavy (non-hydrogen) atoms. The monoisotopic (exact) mass is 328 g/mol. The average molecular weight is 328 g/mol. The van der Waals surface area contributed by atoms with Crippen molar-refractivity contribution in [3.63, 3.8) is 0 Å². The van der Waals surface area contributed by atoms with Crippen LogP contribution in [-0.4, -0.2) is 47.0 Å². The number of nitrogens with one attached hydrogen (secondary N) is 2. The Morgan fingerprint density at radius 3 is 3.08 bits per heavy atom. The van der Waals surface area contributed by atoms with Crippen molar-refractivity contribution in [2.24, 2.45) is 4.99 Å². The van der Waals surface area contributed by atoms with E-state index in [9.17, 15) is 0 Å². The Kier molecular flexibility index (Phi) is 5.79. The van der Waals surface area contributed by atoms with Crippen molar-refractivity contribution in [2.45, 2.75) is 32.0 Å². The van der Waals surface area contributed by atoms with E-state index in [-0.39, 0.29) is 0 Å². The molecule has 2 N–H and O–H groups in total. The molecular weight excluding hydrogens is 304 g/mol. The van der Waals surface area contributed by atoms with Crippen LogP contribution in [-0.2, 0) is 24.3 Å². The molecule has 0 saturated carbocycles. The predicted molar refractivity (Wildman–Crippen MR) is 92.7 cm³/mol. The number of hydrogen-bond acceptors (Lipinski definition) is 4. The highest BCUT2D eigenvalue weighted by Crippen LogP contribution is 2.11. The van der Waals surface area contributed by atoms with Gasteiger partial charge in [0.2, 0.25) is 0 Å². The van der Waals surface area contributed by atoms with Gasteiger partial charge in [0, 0.05) is 26.1 Å². The number of nitrogens with zero attached hydrogens (tertiary/aromatic N) is 4. The van der Waals surface area contributed by atoms with Crippen LogP contribution in [0.3, 0.4) is 0 Å². The first-order chi connectivity index (χ1) is 11.8. The van der Waals surface area contributed by atoms with E-state index in [0.717, 1.165) is 31.2 Å². The molecule has 7 nitrogen and oxygen atoms in total. The summed E-state index contributed by atoms with van der Waals surface area (Å²) in [5.74, 6) is 1.86. The van der Waals surface area contributed by atoms with Crippen LogP contribution >= 0.6 is 0 Å². The smallest absolute Gasteiger partial charge is 0.191 e. The fraction of sp³-hybridized carbons (Fsp3) is 0.471. The van der Waals surface area contributed by atoms with Gasteiger partial charge in [-0.3, -0.25) is 4.99 Å². The summed E-state index contributed by atoms with van der Waals surface area (Å²) < 4.78 is 7.63. The van der Waals surface area contributed by atoms with Crippen LogP contribution < -0.4 is 10.6 Å². The van der Waals surface area contributed by atoms with E-state index in [4.69, 9.17) is 4.74 Å². The van der Waals surface area contributed by atoms with Crippen molar-refractivity contribution < 1.29 is 4.74 Å². The molecule has 128 valence electrons. The van der Waals surface area contributed by atoms with Crippen molar-refractivity contribution in [2.75, 3.05) is 20.2 Å². The van der Waals surface area contributed by atoms with Crippen LogP contribution in [0, 0.1) is 0 Å². The van der Waals surface area contributed by atoms with Gasteiger partial charge in [-0.1, -0.05) is 30.3 Å². The second-order valence-electron chi connectivity index (χ2n) is 5.78. The van der Waals surface area contributed by atoms with Crippen molar-refractivity contribution >= 4 is 5.96 Å². The van der Waals surface area contributed by atoms with Gasteiger partial charge in [-0.2, -0.15) is 5.10 Å². The van der Waals surface area contributed by atoms with Gasteiger partial charge < -0.3 is 15.4 Å². The Morgan fingerprint density at radius 1 is 1.38 bits per heavy atom. The zero-order valence-electron chi connectivity index (χ0n) is 14.0. The zero-order valence-corrected chi connectivity index (χ0v) is 14.0. The summed E-state index contributed by atoms with van der Waals surface area (Å²) in [5.41, 5.74) is 1.19. The second-order valence-corrected chi connectivity index (χ2v) is 5.78. The fourth-order valence-corrected chi connectivity index (χ4v) is 2.75. The summed E-state index contributed by atoms with van der Waals surface area (Å²) in [6.07, 6.45) is 3.59. The molecule has 2 heterocycles. The molecule has 1 aromatic heterocycles. The molecule has 3 rings (SSSR count). The second kappa shape index (κ2) is 8.44. The van der Waals surface area contributed by atoms with E-state index in [0.29, 0.717) is 25.8 Å². The van der Waals surface area contributed by atoms with Crippen LogP contribution in [0.25, 0.3) is 0 Å². The molecule has 0 spiro atoms. The third-order valence-corrected chi connectivity index (χ3v) is 4.02. The first-order valence-electron chi connectivity index (χ1n) is 8.30. The van der Waals surface area contributed by atoms with E-state index < -0.39 is 0 Å². The number of guanidine groups is 1. The van der Waals surface area contributed by atoms with E-state index in [1.807, 2.05) is 22.9 Å². The third kappa shape index (κ3) is 4.55. The lowest BCUT2D eigenvalue weighted by Gasteiger charge is -2.25. The molecule has 1 aliphatic rings. The van der Waals surface area contributed by atoms with Crippen molar-refractivity contribution in [1.82, 2.24) is 25.4 Å². The minimum Gasteiger partial charge on any atom is -0.375 e. The molecule has 1 aliphatic heterocycles. The Morgan fingerprint density at radius 2 is 2.25 bits per heavy atom. The maximum absolute atomic E-state index is 5.67. The van der Waals surface area contributed by atoms with Crippen LogP contribution in [0.1, 0.15) is 17.8 Å². The lowest BCUT2D eigenvalue weighted by atomic mass is 10.1. The molecule has 0 bridgehead atoms. The zero-order chi connectivity index (χ0) is 16.6. The number of rotatable bonds is 6. The SMILES string of the molecule is CN=C(NCCOCc1ccccc1)NC1CCc2ncnn2C1. The highest BCUT2D eigenvalue weighted by molar-refractivity contribution is 5.79. The highest BCUT2D eigenvalue weighted by atomic mass is 16.5. The minimum absolute atomic E-state index is 0.315. The van der Waals surface area contributed by atoms with E-state index in [2.05, 4.69) is 37.8 Å². The number of aliphatic imine (C=N–C) groups is 1. The normalized spacial score (nSPS) is 17.4. The number of aromatic nitrogens is 3. The molecule has 0 saturated heterocycles. The van der Waals surface area contributed by atoms with Crippen LogP contribution in [0.5, 0.6) is 0 Å². The largest absolute Gasteiger partial charge is 0.375 e. The summed E-state index contributed by atoms with van der Waals surface area (Å²) in [6.45, 7) is 2.80. The minimum atomic E-state index is 0.315. The highest BCUT2D eigenvalue weighted by Gasteiger charge is 2.20. The van der Waals surface area contributed by atoms with Gasteiger partial charge in [0.05, 0.1) is 19.8 Å². The molecule has 0 radical (unpaired) electrons. The van der Waals surface area contributed by atoms with Gasteiger partial charge in [-0.15, -0.1) is 0 Å². The lowest BCUT2D eigenvalue weighted by molar-refractivity contribution is 0.125. The number of benzene rings is 1. The van der Waals surface area contributed by atoms with E-state index in [1.165, 1.54) is 5.56 Å². The topological polar surface area (TPSA) is 76.4 Å². The Hall–Kier alpha value is -2.41. The Labute approximate surface area is 142 Å². The summed E-state index contributed by atoms with van der Waals surface area (Å²) in [7, 11) is 1.78. The molecule has 0 fully saturated rings. The molecule has 0 aliphatic carbocycles. The van der Waals surface area contributed by atoms with Gasteiger partial charge in [0.1, 0.15) is 12.2 Å². The van der Waals surface area contributed by atoms with Gasteiger partial charge >= 0.3 is 0 Å². The molecular formula is C17H24N6O. The van der Waals surface area contributed by atoms with E-state index >= 15 is 0 Å². The lowest BCUT2D eigenvalue weighted by Crippen LogP contribution is -2.47. The summed E-state index contributed by atoms with van der Waals surface area (Å²) in [4.78, 5) is 8.52. The van der Waals surface area contributed by atoms with Gasteiger partial charge in [0.25, 0.3) is 0 Å². The summed E-state index contributed by atoms with van der Waals surface area (Å²) >= 11 is 0. The van der Waals surface area contributed by atoms with Gasteiger partial charge in [0.15, 0.2) is 5.96 Å². The number of hydrogen-bond donors (Lipinski definition) is 2. The Bertz CT molecular complexity index is 654. The fourth-order valence-electron chi connectivity index (χ4n) is 2.75. The molecule has 1 unspecified atom stereocenters. The number of ether oxygens (including phenoxy) is 1. The van der Waals surface area contributed by atoms with E-state index in [1.54, 1.807) is 13.4 Å². The van der Waals surface area contributed by atoms with Crippen LogP contribution in [0.15, 0.2) is 41.7 Å². The molecule has 7 heteroatoms. The molecule has 1 atom stereocenters. The molecule has 1 aromatic carbocycles. The first-order valence-corrected chi connectivity index (χ1v) is 8.30. The summed E-state index contributed by atoms with van der Waals surface area (Å²) in [5, 5.41) is 11.0. The average Bonchev–Trinajstić information content (AvgIpc) is 3.09. The van der Waals surface area contributed by atoms with Crippen LogP contribution in [0.4, 0.5) is 0 Å². The van der Waals surface area contributed by atoms with Gasteiger partial charge in [-0.05, 0) is 12.0 Å². The standard InChI is InChI=1S/C17H24N6O/c1-18-17(19-9-10-24-12-14-5-3-2-4-6-14)22-15-7-8-16-20-13-21-23(16)11-15/h2-6,13,15H,7-12H2,1H3,(H2,18,19,22). The van der Waals surface area contributed by atoms with Crippen molar-refractivity contribution in [3.8, 4) is 0 Å². The first kappa shape index (κ1) is 16.4. The number of fused-ring (bicyclic) bond motifs is 1. The van der Waals surface area contributed by atoms with Crippen LogP contribution in [0.2, 0.25) is 0 Å². The quantitative estimate of drug-likeness (QED) is 0.469. The molecule has 2 aromatic rings. The predicted octanol–water partition coefficient (Wildman–Crippen LogP) is 0.975. The van der Waals surface area contributed by atoms with Crippen molar-refractivity contribution in [1.29, 1.82) is 0 Å². The van der Waals surface area contributed by atoms with Crippen molar-refractivity contribution in [3.05, 3.63) is 48.0 Å². The Balaban J connectivity index is 1.35. The maximum Gasteiger partial charge on any atom is 0.191 e.